The van der Waals surface area contributed by atoms with E-state index in [2.05, 4.69) is 37.2 Å². The molecular formula is C19H17Br2ClN2O5. The van der Waals surface area contributed by atoms with Crippen molar-refractivity contribution in [2.75, 3.05) is 18.5 Å². The van der Waals surface area contributed by atoms with Gasteiger partial charge in [0.05, 0.1) is 11.8 Å². The maximum absolute atomic E-state index is 12.8. The van der Waals surface area contributed by atoms with Crippen LogP contribution in [0.4, 0.5) is 5.69 Å². The van der Waals surface area contributed by atoms with Gasteiger partial charge in [-0.05, 0) is 36.5 Å². The third-order valence-electron chi connectivity index (χ3n) is 5.84. The molecule has 7 nitrogen and oxygen atoms in total. The van der Waals surface area contributed by atoms with E-state index in [1.165, 1.54) is 0 Å². The number of carbonyl (C=O) groups excluding carboxylic acids is 4. The summed E-state index contributed by atoms with van der Waals surface area (Å²) in [6, 6.07) is 6.55. The van der Waals surface area contributed by atoms with E-state index >= 15 is 0 Å². The fourth-order valence-electron chi connectivity index (χ4n) is 4.65. The van der Waals surface area contributed by atoms with E-state index in [1.54, 1.807) is 24.3 Å². The van der Waals surface area contributed by atoms with Crippen LogP contribution >= 0.6 is 43.5 Å². The number of ether oxygens (including phenoxy) is 1. The Bertz CT molecular complexity index is 865. The number of rotatable bonds is 5. The molecular weight excluding hydrogens is 531 g/mol. The van der Waals surface area contributed by atoms with Crippen molar-refractivity contribution in [1.29, 1.82) is 0 Å². The highest BCUT2D eigenvalue weighted by Crippen LogP contribution is 2.60. The van der Waals surface area contributed by atoms with E-state index in [-0.39, 0.29) is 45.1 Å². The molecule has 3 amide bonds. The van der Waals surface area contributed by atoms with Crippen molar-refractivity contribution in [3.05, 3.63) is 29.3 Å². The minimum Gasteiger partial charge on any atom is -0.454 e. The Kier molecular flexibility index (Phi) is 5.74. The molecule has 2 saturated carbocycles. The number of carbonyl (C=O) groups is 4. The van der Waals surface area contributed by atoms with Crippen LogP contribution in [0.5, 0.6) is 0 Å². The first-order valence-corrected chi connectivity index (χ1v) is 11.3. The summed E-state index contributed by atoms with van der Waals surface area (Å²) in [5.41, 5.74) is 0.473. The van der Waals surface area contributed by atoms with Gasteiger partial charge in [-0.2, -0.15) is 0 Å². The molecule has 29 heavy (non-hydrogen) atoms. The number of esters is 1. The second-order valence-corrected chi connectivity index (χ2v) is 10.0. The summed E-state index contributed by atoms with van der Waals surface area (Å²) in [7, 11) is 0. The van der Waals surface area contributed by atoms with Crippen molar-refractivity contribution in [3.8, 4) is 0 Å². The molecule has 3 aliphatic rings. The highest BCUT2D eigenvalue weighted by molar-refractivity contribution is 9.12. The average Bonchev–Trinajstić information content (AvgIpc) is 3.27. The standard InChI is InChI=1S/C19H17Br2ClN2O5/c20-16-10-5-11(17(16)21)15-14(10)18(27)24(19(15)28)6-13(26)29-7-12(25)23-9-3-1-2-8(22)4-9/h1-4,10-11,14-17H,5-7H2,(H,23,25)/t10-,11-,14-,15+,16+,17+/m1/s1. The molecule has 0 spiro atoms. The molecule has 1 saturated heterocycles. The van der Waals surface area contributed by atoms with E-state index in [0.29, 0.717) is 10.7 Å². The lowest BCUT2D eigenvalue weighted by Crippen LogP contribution is -2.38. The second kappa shape index (κ2) is 8.00. The van der Waals surface area contributed by atoms with Crippen LogP contribution in [-0.4, -0.2) is 51.4 Å². The first-order chi connectivity index (χ1) is 13.8. The number of benzene rings is 1. The number of hydrogen-bond donors (Lipinski definition) is 1. The molecule has 1 N–H and O–H groups in total. The lowest BCUT2D eigenvalue weighted by molar-refractivity contribution is -0.154. The Hall–Kier alpha value is -1.45. The highest BCUT2D eigenvalue weighted by atomic mass is 79.9. The number of hydrogen-bond acceptors (Lipinski definition) is 5. The number of halogens is 3. The Labute approximate surface area is 188 Å². The van der Waals surface area contributed by atoms with Crippen LogP contribution in [0.3, 0.4) is 0 Å². The van der Waals surface area contributed by atoms with Gasteiger partial charge in [-0.3, -0.25) is 24.1 Å². The normalized spacial score (nSPS) is 32.4. The molecule has 2 aliphatic carbocycles. The summed E-state index contributed by atoms with van der Waals surface area (Å²) in [6.07, 6.45) is 0.820. The Balaban J connectivity index is 1.32. The Morgan fingerprint density at radius 2 is 1.76 bits per heavy atom. The zero-order valence-electron chi connectivity index (χ0n) is 15.0. The van der Waals surface area contributed by atoms with Gasteiger partial charge in [-0.25, -0.2) is 0 Å². The van der Waals surface area contributed by atoms with Gasteiger partial charge < -0.3 is 10.1 Å². The van der Waals surface area contributed by atoms with Crippen molar-refractivity contribution in [3.63, 3.8) is 0 Å². The van der Waals surface area contributed by atoms with E-state index < -0.39 is 25.0 Å². The van der Waals surface area contributed by atoms with E-state index in [4.69, 9.17) is 16.3 Å². The number of fused-ring (bicyclic) bond motifs is 5. The van der Waals surface area contributed by atoms with Gasteiger partial charge in [0.1, 0.15) is 6.54 Å². The number of anilines is 1. The summed E-state index contributed by atoms with van der Waals surface area (Å²) >= 11 is 13.1. The van der Waals surface area contributed by atoms with E-state index in [9.17, 15) is 19.2 Å². The molecule has 0 unspecified atom stereocenters. The molecule has 1 heterocycles. The average molecular weight is 549 g/mol. The Morgan fingerprint density at radius 1 is 1.14 bits per heavy atom. The molecule has 0 radical (unpaired) electrons. The van der Waals surface area contributed by atoms with Gasteiger partial charge in [0.15, 0.2) is 6.61 Å². The summed E-state index contributed by atoms with van der Waals surface area (Å²) in [4.78, 5) is 50.8. The number of alkyl halides is 2. The molecule has 3 fully saturated rings. The van der Waals surface area contributed by atoms with Crippen molar-refractivity contribution < 1.29 is 23.9 Å². The smallest absolute Gasteiger partial charge is 0.326 e. The van der Waals surface area contributed by atoms with Crippen molar-refractivity contribution in [2.24, 2.45) is 23.7 Å². The monoisotopic (exact) mass is 546 g/mol. The van der Waals surface area contributed by atoms with Crippen molar-refractivity contribution in [2.45, 2.75) is 16.1 Å². The minimum atomic E-state index is -0.800. The second-order valence-electron chi connectivity index (χ2n) is 7.49. The molecule has 2 bridgehead atoms. The molecule has 4 rings (SSSR count). The van der Waals surface area contributed by atoms with Gasteiger partial charge in [0, 0.05) is 20.4 Å². The maximum Gasteiger partial charge on any atom is 0.326 e. The molecule has 10 heteroatoms. The third kappa shape index (κ3) is 3.72. The Morgan fingerprint density at radius 3 is 2.34 bits per heavy atom. The van der Waals surface area contributed by atoms with E-state index in [1.807, 2.05) is 0 Å². The molecule has 1 aromatic rings. The SMILES string of the molecule is O=C(COC(=O)CN1C(=O)[C@@H]2[C@H]3C[C@@H]([C@H](Br)[C@H]3Br)[C@@H]2C1=O)Nc1cccc(Cl)c1. The molecule has 1 aromatic carbocycles. The first kappa shape index (κ1) is 20.8. The van der Waals surface area contributed by atoms with Crippen LogP contribution in [-0.2, 0) is 23.9 Å². The molecule has 154 valence electrons. The van der Waals surface area contributed by atoms with E-state index in [0.717, 1.165) is 11.3 Å². The first-order valence-electron chi connectivity index (χ1n) is 9.12. The topological polar surface area (TPSA) is 92.8 Å². The number of nitrogens with one attached hydrogen (secondary N) is 1. The van der Waals surface area contributed by atoms with Crippen LogP contribution in [0.2, 0.25) is 5.02 Å². The zero-order chi connectivity index (χ0) is 20.9. The van der Waals surface area contributed by atoms with Gasteiger partial charge in [0.2, 0.25) is 11.8 Å². The van der Waals surface area contributed by atoms with Crippen LogP contribution < -0.4 is 5.32 Å². The summed E-state index contributed by atoms with van der Waals surface area (Å²) < 4.78 is 4.95. The number of nitrogens with zero attached hydrogens (tertiary/aromatic N) is 1. The van der Waals surface area contributed by atoms with Crippen molar-refractivity contribution >= 4 is 72.8 Å². The molecule has 0 aromatic heterocycles. The predicted molar refractivity (Wildman–Crippen MR) is 112 cm³/mol. The summed E-state index contributed by atoms with van der Waals surface area (Å²) in [5, 5.41) is 3.01. The van der Waals surface area contributed by atoms with Crippen LogP contribution in [0, 0.1) is 23.7 Å². The van der Waals surface area contributed by atoms with Crippen LogP contribution in [0.1, 0.15) is 6.42 Å². The predicted octanol–water partition coefficient (Wildman–Crippen LogP) is 2.60. The number of likely N-dealkylation sites (tertiary alicyclic amines) is 1. The number of imide groups is 1. The van der Waals surface area contributed by atoms with Crippen LogP contribution in [0.25, 0.3) is 0 Å². The number of amides is 3. The summed E-state index contributed by atoms with van der Waals surface area (Å²) in [5.74, 6) is -2.60. The van der Waals surface area contributed by atoms with Gasteiger partial charge in [0.25, 0.3) is 5.91 Å². The fourth-order valence-corrected chi connectivity index (χ4v) is 6.71. The molecule has 6 atom stereocenters. The maximum atomic E-state index is 12.8. The molecule has 1 aliphatic heterocycles. The largest absolute Gasteiger partial charge is 0.454 e. The quantitative estimate of drug-likeness (QED) is 0.347. The van der Waals surface area contributed by atoms with Crippen LogP contribution in [0.15, 0.2) is 24.3 Å². The third-order valence-corrected chi connectivity index (χ3v) is 9.28. The fraction of sp³-hybridized carbons (Fsp3) is 0.474. The lowest BCUT2D eigenvalue weighted by Gasteiger charge is -2.28. The van der Waals surface area contributed by atoms with Gasteiger partial charge in [-0.15, -0.1) is 0 Å². The highest BCUT2D eigenvalue weighted by Gasteiger charge is 2.66. The minimum absolute atomic E-state index is 0.0790. The zero-order valence-corrected chi connectivity index (χ0v) is 18.9. The lowest BCUT2D eigenvalue weighted by atomic mass is 9.81. The summed E-state index contributed by atoms with van der Waals surface area (Å²) in [6.45, 7) is -0.999. The van der Waals surface area contributed by atoms with Crippen molar-refractivity contribution in [1.82, 2.24) is 4.90 Å². The van der Waals surface area contributed by atoms with Gasteiger partial charge in [-0.1, -0.05) is 49.5 Å². The van der Waals surface area contributed by atoms with Gasteiger partial charge >= 0.3 is 5.97 Å².